The maximum atomic E-state index is 14.4. The van der Waals surface area contributed by atoms with Gasteiger partial charge in [0.1, 0.15) is 5.82 Å². The normalized spacial score (nSPS) is 17.8. The summed E-state index contributed by atoms with van der Waals surface area (Å²) < 4.78 is 14.4. The third-order valence-electron chi connectivity index (χ3n) is 6.12. The molecule has 1 saturated heterocycles. The van der Waals surface area contributed by atoms with Crippen molar-refractivity contribution in [2.75, 3.05) is 32.1 Å². The number of thiophene rings is 1. The smallest absolute Gasteiger partial charge is 0.254 e. The number of carbonyl (C=O) groups excluding carboxylic acids is 1. The molecular weight excluding hydrogens is 403 g/mol. The molecule has 1 fully saturated rings. The number of thioether (sulfide) groups is 1. The molecule has 3 rings (SSSR count). The van der Waals surface area contributed by atoms with Crippen molar-refractivity contribution in [3.05, 3.63) is 58.0 Å². The van der Waals surface area contributed by atoms with Crippen LogP contribution in [0.25, 0.3) is 0 Å². The average Bonchev–Trinajstić information content (AvgIpc) is 3.27. The number of piperidine rings is 1. The quantitative estimate of drug-likeness (QED) is 0.582. The molecule has 3 nitrogen and oxygen atoms in total. The number of likely N-dealkylation sites (tertiary alicyclic amines) is 1. The van der Waals surface area contributed by atoms with Crippen molar-refractivity contribution in [1.29, 1.82) is 0 Å². The molecule has 0 N–H and O–H groups in total. The van der Waals surface area contributed by atoms with Crippen molar-refractivity contribution in [2.45, 2.75) is 38.3 Å². The first kappa shape index (κ1) is 22.3. The molecule has 0 unspecified atom stereocenters. The topological polar surface area (TPSA) is 23.6 Å². The minimum Gasteiger partial charge on any atom is -0.338 e. The molecule has 6 heteroatoms. The van der Waals surface area contributed by atoms with E-state index in [1.165, 1.54) is 17.4 Å². The molecule has 29 heavy (non-hydrogen) atoms. The number of hydrogen-bond donors (Lipinski definition) is 0. The van der Waals surface area contributed by atoms with Crippen LogP contribution in [0.3, 0.4) is 0 Å². The fraction of sp³-hybridized carbons (Fsp3) is 0.522. The van der Waals surface area contributed by atoms with Gasteiger partial charge in [-0.2, -0.15) is 23.1 Å². The Morgan fingerprint density at radius 3 is 2.66 bits per heavy atom. The van der Waals surface area contributed by atoms with E-state index in [2.05, 4.69) is 18.1 Å². The molecule has 1 aromatic carbocycles. The molecular formula is C23H31FN2OS2. The van der Waals surface area contributed by atoms with Gasteiger partial charge >= 0.3 is 0 Å². The van der Waals surface area contributed by atoms with E-state index in [0.29, 0.717) is 23.9 Å². The van der Waals surface area contributed by atoms with Crippen LogP contribution in [0.15, 0.2) is 41.1 Å². The first-order chi connectivity index (χ1) is 14.0. The highest BCUT2D eigenvalue weighted by atomic mass is 32.2. The molecule has 158 valence electrons. The highest BCUT2D eigenvalue weighted by Gasteiger charge is 2.33. The van der Waals surface area contributed by atoms with Crippen LogP contribution in [0.2, 0.25) is 0 Å². The van der Waals surface area contributed by atoms with E-state index in [9.17, 15) is 9.18 Å². The number of rotatable bonds is 8. The second-order valence-electron chi connectivity index (χ2n) is 7.97. The van der Waals surface area contributed by atoms with Crippen molar-refractivity contribution in [1.82, 2.24) is 9.80 Å². The van der Waals surface area contributed by atoms with Gasteiger partial charge in [-0.05, 0) is 74.5 Å². The molecule has 0 spiro atoms. The van der Waals surface area contributed by atoms with Crippen LogP contribution in [-0.4, -0.2) is 59.9 Å². The summed E-state index contributed by atoms with van der Waals surface area (Å²) in [7, 11) is 1.88. The Morgan fingerprint density at radius 1 is 1.31 bits per heavy atom. The van der Waals surface area contributed by atoms with E-state index in [4.69, 9.17) is 0 Å². The van der Waals surface area contributed by atoms with Gasteiger partial charge in [0.2, 0.25) is 0 Å². The lowest BCUT2D eigenvalue weighted by atomic mass is 9.84. The maximum Gasteiger partial charge on any atom is 0.254 e. The Kier molecular flexibility index (Phi) is 8.16. The number of amides is 1. The number of hydrogen-bond acceptors (Lipinski definition) is 4. The molecule has 1 aliphatic heterocycles. The predicted octanol–water partition coefficient (Wildman–Crippen LogP) is 5.03. The van der Waals surface area contributed by atoms with Crippen molar-refractivity contribution in [3.63, 3.8) is 0 Å². The van der Waals surface area contributed by atoms with Crippen LogP contribution in [0.1, 0.15) is 35.7 Å². The predicted molar refractivity (Wildman–Crippen MR) is 122 cm³/mol. The lowest BCUT2D eigenvalue weighted by molar-refractivity contribution is 0.0563. The SMILES string of the molecule is CSC[C@H](C)N1CCC([C@H](Cc2ccccc2F)N(C)C(=O)c2ccsc2)CC1. The fourth-order valence-corrected chi connectivity index (χ4v) is 5.66. The number of benzene rings is 1. The van der Waals surface area contributed by atoms with E-state index >= 15 is 0 Å². The van der Waals surface area contributed by atoms with E-state index in [1.807, 2.05) is 52.7 Å². The largest absolute Gasteiger partial charge is 0.338 e. The van der Waals surface area contributed by atoms with E-state index in [1.54, 1.807) is 6.07 Å². The number of nitrogens with zero attached hydrogens (tertiary/aromatic N) is 2. The van der Waals surface area contributed by atoms with Crippen LogP contribution in [0.5, 0.6) is 0 Å². The fourth-order valence-electron chi connectivity index (χ4n) is 4.34. The Balaban J connectivity index is 1.76. The highest BCUT2D eigenvalue weighted by molar-refractivity contribution is 7.98. The lowest BCUT2D eigenvalue weighted by Crippen LogP contribution is -2.49. The summed E-state index contributed by atoms with van der Waals surface area (Å²) in [6.45, 7) is 4.38. The minimum absolute atomic E-state index is 0.00249. The molecule has 2 aromatic rings. The van der Waals surface area contributed by atoms with Gasteiger partial charge in [-0.1, -0.05) is 18.2 Å². The van der Waals surface area contributed by atoms with Gasteiger partial charge in [-0.3, -0.25) is 9.69 Å². The molecule has 1 aromatic heterocycles. The van der Waals surface area contributed by atoms with E-state index in [0.717, 1.165) is 37.2 Å². The summed E-state index contributed by atoms with van der Waals surface area (Å²) in [4.78, 5) is 17.5. The van der Waals surface area contributed by atoms with Gasteiger partial charge in [0, 0.05) is 30.3 Å². The van der Waals surface area contributed by atoms with Crippen LogP contribution in [0.4, 0.5) is 4.39 Å². The Hall–Kier alpha value is -1.37. The highest BCUT2D eigenvalue weighted by Crippen LogP contribution is 2.29. The van der Waals surface area contributed by atoms with E-state index in [-0.39, 0.29) is 17.8 Å². The van der Waals surface area contributed by atoms with Crippen LogP contribution in [0, 0.1) is 11.7 Å². The Labute approximate surface area is 182 Å². The van der Waals surface area contributed by atoms with Gasteiger partial charge in [0.15, 0.2) is 0 Å². The molecule has 1 amide bonds. The van der Waals surface area contributed by atoms with Crippen LogP contribution < -0.4 is 0 Å². The molecule has 0 saturated carbocycles. The maximum absolute atomic E-state index is 14.4. The van der Waals surface area contributed by atoms with Gasteiger partial charge < -0.3 is 4.90 Å². The zero-order valence-corrected chi connectivity index (χ0v) is 19.1. The van der Waals surface area contributed by atoms with Crippen LogP contribution in [-0.2, 0) is 6.42 Å². The van der Waals surface area contributed by atoms with Crippen molar-refractivity contribution in [2.24, 2.45) is 5.92 Å². The Bertz CT molecular complexity index is 775. The first-order valence-corrected chi connectivity index (χ1v) is 12.6. The number of halogens is 1. The summed E-state index contributed by atoms with van der Waals surface area (Å²) >= 11 is 3.42. The average molecular weight is 435 g/mol. The number of likely N-dealkylation sites (N-methyl/N-ethyl adjacent to an activating group) is 1. The van der Waals surface area contributed by atoms with Gasteiger partial charge in [-0.25, -0.2) is 4.39 Å². The second kappa shape index (κ2) is 10.6. The van der Waals surface area contributed by atoms with Crippen molar-refractivity contribution in [3.8, 4) is 0 Å². The zero-order valence-electron chi connectivity index (χ0n) is 17.5. The summed E-state index contributed by atoms with van der Waals surface area (Å²) in [6.07, 6.45) is 4.79. The minimum atomic E-state index is -0.181. The second-order valence-corrected chi connectivity index (χ2v) is 9.66. The molecule has 2 heterocycles. The lowest BCUT2D eigenvalue weighted by Gasteiger charge is -2.41. The summed E-state index contributed by atoms with van der Waals surface area (Å²) in [6, 6.07) is 9.40. The van der Waals surface area contributed by atoms with Gasteiger partial charge in [0.25, 0.3) is 5.91 Å². The molecule has 2 atom stereocenters. The molecule has 0 aliphatic carbocycles. The third-order valence-corrected chi connectivity index (χ3v) is 7.62. The Morgan fingerprint density at radius 2 is 2.03 bits per heavy atom. The standard InChI is InChI=1S/C23H31FN2OS2/c1-17(15-28-3)26-11-8-18(9-12-26)22(14-19-6-4-5-7-21(19)24)25(2)23(27)20-10-13-29-16-20/h4-7,10,13,16-18,22H,8-9,11-12,14-15H2,1-3H3/t17-,22-/m0/s1. The van der Waals surface area contributed by atoms with E-state index < -0.39 is 0 Å². The molecule has 1 aliphatic rings. The summed E-state index contributed by atoms with van der Waals surface area (Å²) in [5.41, 5.74) is 1.42. The number of carbonyl (C=O) groups is 1. The van der Waals surface area contributed by atoms with Crippen LogP contribution >= 0.6 is 23.1 Å². The summed E-state index contributed by atoms with van der Waals surface area (Å²) in [5, 5.41) is 3.82. The summed E-state index contributed by atoms with van der Waals surface area (Å²) in [5.74, 6) is 1.37. The zero-order chi connectivity index (χ0) is 20.8. The molecule has 0 radical (unpaired) electrons. The van der Waals surface area contributed by atoms with Crippen molar-refractivity contribution < 1.29 is 9.18 Å². The monoisotopic (exact) mass is 434 g/mol. The third kappa shape index (κ3) is 5.62. The van der Waals surface area contributed by atoms with Gasteiger partial charge in [0.05, 0.1) is 5.56 Å². The van der Waals surface area contributed by atoms with Crippen molar-refractivity contribution >= 4 is 29.0 Å². The first-order valence-electron chi connectivity index (χ1n) is 10.3. The van der Waals surface area contributed by atoms with Gasteiger partial charge in [-0.15, -0.1) is 0 Å². The molecule has 0 bridgehead atoms.